The van der Waals surface area contributed by atoms with Crippen molar-refractivity contribution in [3.05, 3.63) is 30.1 Å². The second-order valence-corrected chi connectivity index (χ2v) is 6.37. The zero-order chi connectivity index (χ0) is 19.3. The Morgan fingerprint density at radius 1 is 1.07 bits per heavy atom. The first kappa shape index (κ1) is 17.0. The summed E-state index contributed by atoms with van der Waals surface area (Å²) in [6.45, 7) is -0.514. The largest absolute Gasteiger partial charge is 0.296 e. The highest BCUT2D eigenvalue weighted by Crippen LogP contribution is 2.31. The van der Waals surface area contributed by atoms with E-state index in [2.05, 4.69) is 10.5 Å². The van der Waals surface area contributed by atoms with E-state index in [1.165, 1.54) is 12.1 Å². The lowest BCUT2D eigenvalue weighted by Gasteiger charge is -2.16. The Bertz CT molecular complexity index is 910. The Balaban J connectivity index is 1.56. The predicted molar refractivity (Wildman–Crippen MR) is 87.7 cm³/mol. The summed E-state index contributed by atoms with van der Waals surface area (Å²) in [5, 5.41) is 3.79. The molecular weight excluding hydrogens is 359 g/mol. The molecule has 138 valence electrons. The predicted octanol–water partition coefficient (Wildman–Crippen LogP) is -0.639. The lowest BCUT2D eigenvalue weighted by atomic mass is 9.95. The number of Topliss-reactive ketones (excluding diaryl/α,β-unsaturated/α-hetero) is 1. The number of anilines is 1. The van der Waals surface area contributed by atoms with Gasteiger partial charge in [-0.15, -0.1) is 0 Å². The standard InChI is InChI=1S/C17H13FN4O5/c18-8-1-3-9(4-2-8)22-16(26)13-14(19-20-15(13)17(22)27)10(23)7-21-11(24)5-6-12(21)25/h1-4,13,15,20H,5-7H2. The molecule has 4 rings (SSSR count). The van der Waals surface area contributed by atoms with Crippen LogP contribution in [-0.4, -0.2) is 52.6 Å². The smallest absolute Gasteiger partial charge is 0.259 e. The molecule has 4 amide bonds. The number of amides is 4. The molecule has 2 unspecified atom stereocenters. The van der Waals surface area contributed by atoms with E-state index in [1.807, 2.05) is 0 Å². The SMILES string of the molecule is O=C(CN1C(=O)CCC1=O)C1=NNC2C(=O)N(c3ccc(F)cc3)C(=O)C12. The number of nitrogens with one attached hydrogen (secondary N) is 1. The molecule has 0 aromatic heterocycles. The molecule has 2 atom stereocenters. The number of nitrogens with zero attached hydrogens (tertiary/aromatic N) is 3. The van der Waals surface area contributed by atoms with Crippen molar-refractivity contribution in [1.29, 1.82) is 0 Å². The van der Waals surface area contributed by atoms with Crippen LogP contribution in [0.25, 0.3) is 0 Å². The number of rotatable bonds is 4. The van der Waals surface area contributed by atoms with Gasteiger partial charge in [0.1, 0.15) is 23.5 Å². The molecule has 2 fully saturated rings. The van der Waals surface area contributed by atoms with Crippen molar-refractivity contribution in [2.45, 2.75) is 18.9 Å². The Morgan fingerprint density at radius 2 is 1.70 bits per heavy atom. The summed E-state index contributed by atoms with van der Waals surface area (Å²) in [6, 6.07) is 3.75. The third kappa shape index (κ3) is 2.60. The Morgan fingerprint density at radius 3 is 2.33 bits per heavy atom. The molecule has 27 heavy (non-hydrogen) atoms. The average Bonchev–Trinajstić information content (AvgIpc) is 3.28. The normalized spacial score (nSPS) is 24.4. The number of carbonyl (C=O) groups excluding carboxylic acids is 5. The molecule has 0 saturated carbocycles. The molecule has 3 aliphatic rings. The van der Waals surface area contributed by atoms with Crippen LogP contribution in [0.2, 0.25) is 0 Å². The highest BCUT2D eigenvalue weighted by atomic mass is 19.1. The Kier molecular flexibility index (Phi) is 3.83. The van der Waals surface area contributed by atoms with E-state index in [0.29, 0.717) is 0 Å². The lowest BCUT2D eigenvalue weighted by Crippen LogP contribution is -2.41. The minimum atomic E-state index is -1.15. The number of carbonyl (C=O) groups is 5. The van der Waals surface area contributed by atoms with Gasteiger partial charge in [-0.3, -0.25) is 34.3 Å². The van der Waals surface area contributed by atoms with Crippen molar-refractivity contribution in [2.24, 2.45) is 11.0 Å². The third-order valence-corrected chi connectivity index (χ3v) is 4.75. The van der Waals surface area contributed by atoms with Gasteiger partial charge in [-0.05, 0) is 24.3 Å². The maximum absolute atomic E-state index is 13.1. The van der Waals surface area contributed by atoms with Crippen LogP contribution in [0, 0.1) is 11.7 Å². The number of imide groups is 2. The van der Waals surface area contributed by atoms with E-state index in [0.717, 1.165) is 21.9 Å². The molecule has 0 aliphatic carbocycles. The number of fused-ring (bicyclic) bond motifs is 1. The monoisotopic (exact) mass is 372 g/mol. The maximum Gasteiger partial charge on any atom is 0.259 e. The third-order valence-electron chi connectivity index (χ3n) is 4.75. The molecule has 10 heteroatoms. The fourth-order valence-corrected chi connectivity index (χ4v) is 3.39. The molecule has 3 heterocycles. The van der Waals surface area contributed by atoms with Gasteiger partial charge < -0.3 is 0 Å². The highest BCUT2D eigenvalue weighted by molar-refractivity contribution is 6.49. The summed E-state index contributed by atoms with van der Waals surface area (Å²) in [5.41, 5.74) is 2.46. The number of hydrogen-bond donors (Lipinski definition) is 1. The van der Waals surface area contributed by atoms with Gasteiger partial charge in [-0.1, -0.05) is 0 Å². The van der Waals surface area contributed by atoms with Gasteiger partial charge in [-0.25, -0.2) is 9.29 Å². The molecule has 1 N–H and O–H groups in total. The maximum atomic E-state index is 13.1. The van der Waals surface area contributed by atoms with E-state index in [9.17, 15) is 28.4 Å². The Labute approximate surface area is 151 Å². The number of hydrogen-bond acceptors (Lipinski definition) is 7. The summed E-state index contributed by atoms with van der Waals surface area (Å²) in [7, 11) is 0. The van der Waals surface area contributed by atoms with Crippen LogP contribution in [0.5, 0.6) is 0 Å². The fraction of sp³-hybridized carbons (Fsp3) is 0.294. The van der Waals surface area contributed by atoms with E-state index >= 15 is 0 Å². The van der Waals surface area contributed by atoms with Crippen molar-refractivity contribution in [2.75, 3.05) is 11.4 Å². The van der Waals surface area contributed by atoms with E-state index in [4.69, 9.17) is 0 Å². The van der Waals surface area contributed by atoms with Gasteiger partial charge in [0.15, 0.2) is 5.78 Å². The molecule has 0 radical (unpaired) electrons. The van der Waals surface area contributed by atoms with Gasteiger partial charge in [0.25, 0.3) is 5.91 Å². The van der Waals surface area contributed by atoms with Crippen molar-refractivity contribution < 1.29 is 28.4 Å². The number of hydrazone groups is 1. The number of ketones is 1. The zero-order valence-electron chi connectivity index (χ0n) is 13.8. The first-order valence-electron chi connectivity index (χ1n) is 8.21. The first-order valence-corrected chi connectivity index (χ1v) is 8.21. The van der Waals surface area contributed by atoms with Gasteiger partial charge in [0, 0.05) is 12.8 Å². The van der Waals surface area contributed by atoms with Crippen molar-refractivity contribution in [1.82, 2.24) is 10.3 Å². The molecule has 0 spiro atoms. The van der Waals surface area contributed by atoms with Gasteiger partial charge in [-0.2, -0.15) is 5.10 Å². The molecule has 1 aromatic rings. The van der Waals surface area contributed by atoms with Gasteiger partial charge in [0.2, 0.25) is 17.7 Å². The van der Waals surface area contributed by atoms with Gasteiger partial charge >= 0.3 is 0 Å². The lowest BCUT2D eigenvalue weighted by molar-refractivity contribution is -0.140. The van der Waals surface area contributed by atoms with Crippen LogP contribution in [-0.2, 0) is 24.0 Å². The van der Waals surface area contributed by atoms with Crippen LogP contribution in [0.3, 0.4) is 0 Å². The molecule has 9 nitrogen and oxygen atoms in total. The minimum Gasteiger partial charge on any atom is -0.296 e. The summed E-state index contributed by atoms with van der Waals surface area (Å²) in [5.74, 6) is -4.56. The second kappa shape index (κ2) is 6.08. The van der Waals surface area contributed by atoms with Crippen LogP contribution in [0.1, 0.15) is 12.8 Å². The topological polar surface area (TPSA) is 116 Å². The summed E-state index contributed by atoms with van der Waals surface area (Å²) >= 11 is 0. The number of likely N-dealkylation sites (tertiary alicyclic amines) is 1. The summed E-state index contributed by atoms with van der Waals surface area (Å²) < 4.78 is 13.1. The van der Waals surface area contributed by atoms with Crippen molar-refractivity contribution in [3.63, 3.8) is 0 Å². The number of benzene rings is 1. The quantitative estimate of drug-likeness (QED) is 0.703. The average molecular weight is 372 g/mol. The summed E-state index contributed by atoms with van der Waals surface area (Å²) in [6.07, 6.45) is 0.0807. The van der Waals surface area contributed by atoms with E-state index in [1.54, 1.807) is 0 Å². The minimum absolute atomic E-state index is 0.0403. The van der Waals surface area contributed by atoms with Crippen molar-refractivity contribution >= 4 is 40.8 Å². The van der Waals surface area contributed by atoms with E-state index in [-0.39, 0.29) is 24.2 Å². The molecule has 2 saturated heterocycles. The first-order chi connectivity index (χ1) is 12.9. The van der Waals surface area contributed by atoms with Crippen LogP contribution < -0.4 is 10.3 Å². The molecule has 0 bridgehead atoms. The van der Waals surface area contributed by atoms with Crippen LogP contribution in [0.15, 0.2) is 29.4 Å². The molecule has 1 aromatic carbocycles. The number of halogens is 1. The Hall–Kier alpha value is -3.43. The fourth-order valence-electron chi connectivity index (χ4n) is 3.39. The zero-order valence-corrected chi connectivity index (χ0v) is 13.8. The second-order valence-electron chi connectivity index (χ2n) is 6.37. The van der Waals surface area contributed by atoms with E-state index < -0.39 is 53.7 Å². The van der Waals surface area contributed by atoms with Crippen molar-refractivity contribution in [3.8, 4) is 0 Å². The highest BCUT2D eigenvalue weighted by Gasteiger charge is 2.55. The molecule has 3 aliphatic heterocycles. The van der Waals surface area contributed by atoms with Gasteiger partial charge in [0.05, 0.1) is 12.2 Å². The molecular formula is C17H13FN4O5. The van der Waals surface area contributed by atoms with Crippen LogP contribution >= 0.6 is 0 Å². The van der Waals surface area contributed by atoms with Crippen LogP contribution in [0.4, 0.5) is 10.1 Å². The summed E-state index contributed by atoms with van der Waals surface area (Å²) in [4.78, 5) is 62.9.